The van der Waals surface area contributed by atoms with Crippen molar-refractivity contribution in [2.75, 3.05) is 18.5 Å². The lowest BCUT2D eigenvalue weighted by Gasteiger charge is -2.08. The quantitative estimate of drug-likeness (QED) is 0.759. The van der Waals surface area contributed by atoms with E-state index in [9.17, 15) is 4.79 Å². The van der Waals surface area contributed by atoms with E-state index in [1.54, 1.807) is 13.8 Å². The highest BCUT2D eigenvalue weighted by atomic mass is 16.5. The first-order valence-electron chi connectivity index (χ1n) is 4.93. The van der Waals surface area contributed by atoms with Gasteiger partial charge >= 0.3 is 5.97 Å². The van der Waals surface area contributed by atoms with Crippen molar-refractivity contribution in [3.63, 3.8) is 0 Å². The summed E-state index contributed by atoms with van der Waals surface area (Å²) in [5, 5.41) is 3.00. The number of aromatic nitrogens is 2. The van der Waals surface area contributed by atoms with Gasteiger partial charge in [0.1, 0.15) is 17.2 Å². The van der Waals surface area contributed by atoms with Gasteiger partial charge in [-0.05, 0) is 20.8 Å². The van der Waals surface area contributed by atoms with E-state index in [1.165, 1.54) is 6.20 Å². The van der Waals surface area contributed by atoms with Gasteiger partial charge in [0, 0.05) is 12.7 Å². The minimum Gasteiger partial charge on any atom is -0.462 e. The largest absolute Gasteiger partial charge is 0.462 e. The fourth-order valence-electron chi connectivity index (χ4n) is 1.13. The van der Waals surface area contributed by atoms with Crippen molar-refractivity contribution in [3.8, 4) is 0 Å². The Hall–Kier alpha value is -1.65. The second kappa shape index (κ2) is 5.29. The van der Waals surface area contributed by atoms with Crippen molar-refractivity contribution in [2.45, 2.75) is 20.8 Å². The molecule has 0 fully saturated rings. The first-order chi connectivity index (χ1) is 7.19. The third-order valence-electron chi connectivity index (χ3n) is 1.75. The number of hydrogen-bond donors (Lipinski definition) is 1. The van der Waals surface area contributed by atoms with Gasteiger partial charge in [-0.2, -0.15) is 0 Å². The van der Waals surface area contributed by atoms with Gasteiger partial charge in [0.05, 0.1) is 6.61 Å². The maximum Gasteiger partial charge on any atom is 0.343 e. The SMILES string of the molecule is CCNc1nc(C)ncc1C(=O)OCC. The van der Waals surface area contributed by atoms with Crippen molar-refractivity contribution in [2.24, 2.45) is 0 Å². The Bertz CT molecular complexity index is 353. The molecule has 5 heteroatoms. The molecule has 0 saturated carbocycles. The molecule has 82 valence electrons. The number of anilines is 1. The van der Waals surface area contributed by atoms with Crippen LogP contribution in [0.1, 0.15) is 30.0 Å². The summed E-state index contributed by atoms with van der Waals surface area (Å²) in [7, 11) is 0. The maximum absolute atomic E-state index is 11.5. The van der Waals surface area contributed by atoms with Gasteiger partial charge in [-0.25, -0.2) is 14.8 Å². The molecule has 1 heterocycles. The molecule has 0 radical (unpaired) electrons. The van der Waals surface area contributed by atoms with Crippen LogP contribution in [0.25, 0.3) is 0 Å². The zero-order valence-electron chi connectivity index (χ0n) is 9.20. The maximum atomic E-state index is 11.5. The average molecular weight is 209 g/mol. The number of rotatable bonds is 4. The summed E-state index contributed by atoms with van der Waals surface area (Å²) in [6, 6.07) is 0. The van der Waals surface area contributed by atoms with Crippen LogP contribution in [0.15, 0.2) is 6.20 Å². The van der Waals surface area contributed by atoms with Crippen LogP contribution in [0.5, 0.6) is 0 Å². The molecule has 0 spiro atoms. The van der Waals surface area contributed by atoms with E-state index in [4.69, 9.17) is 4.74 Å². The minimum absolute atomic E-state index is 0.346. The monoisotopic (exact) mass is 209 g/mol. The van der Waals surface area contributed by atoms with Crippen LogP contribution in [-0.2, 0) is 4.74 Å². The highest BCUT2D eigenvalue weighted by Gasteiger charge is 2.13. The summed E-state index contributed by atoms with van der Waals surface area (Å²) in [4.78, 5) is 19.6. The molecule has 1 N–H and O–H groups in total. The highest BCUT2D eigenvalue weighted by molar-refractivity contribution is 5.94. The van der Waals surface area contributed by atoms with Crippen molar-refractivity contribution < 1.29 is 9.53 Å². The van der Waals surface area contributed by atoms with Gasteiger partial charge in [0.25, 0.3) is 0 Å². The van der Waals surface area contributed by atoms with E-state index in [2.05, 4.69) is 15.3 Å². The second-order valence-electron chi connectivity index (χ2n) is 2.93. The molecule has 0 atom stereocenters. The number of esters is 1. The molecule has 5 nitrogen and oxygen atoms in total. The predicted octanol–water partition coefficient (Wildman–Crippen LogP) is 1.39. The topological polar surface area (TPSA) is 64.1 Å². The molecular weight excluding hydrogens is 194 g/mol. The zero-order valence-corrected chi connectivity index (χ0v) is 9.20. The number of nitrogens with zero attached hydrogens (tertiary/aromatic N) is 2. The second-order valence-corrected chi connectivity index (χ2v) is 2.93. The summed E-state index contributed by atoms with van der Waals surface area (Å²) < 4.78 is 4.90. The number of hydrogen-bond acceptors (Lipinski definition) is 5. The van der Waals surface area contributed by atoms with Crippen LogP contribution < -0.4 is 5.32 Å². The number of carbonyl (C=O) groups is 1. The molecule has 15 heavy (non-hydrogen) atoms. The molecule has 0 aliphatic heterocycles. The van der Waals surface area contributed by atoms with Crippen LogP contribution in [0.2, 0.25) is 0 Å². The van der Waals surface area contributed by atoms with E-state index in [0.29, 0.717) is 30.4 Å². The number of nitrogens with one attached hydrogen (secondary N) is 1. The van der Waals surface area contributed by atoms with Crippen LogP contribution >= 0.6 is 0 Å². The standard InChI is InChI=1S/C10H15N3O2/c1-4-11-9-8(10(14)15-5-2)6-12-7(3)13-9/h6H,4-5H2,1-3H3,(H,11,12,13). The van der Waals surface area contributed by atoms with Crippen molar-refractivity contribution in [3.05, 3.63) is 17.6 Å². The Labute approximate surface area is 88.9 Å². The summed E-state index contributed by atoms with van der Waals surface area (Å²) in [5.74, 6) is 0.760. The summed E-state index contributed by atoms with van der Waals surface area (Å²) in [5.41, 5.74) is 0.379. The molecule has 0 aliphatic carbocycles. The first-order valence-corrected chi connectivity index (χ1v) is 4.93. The fraction of sp³-hybridized carbons (Fsp3) is 0.500. The third-order valence-corrected chi connectivity index (χ3v) is 1.75. The first kappa shape index (κ1) is 11.4. The Kier molecular flexibility index (Phi) is 4.03. The molecule has 0 saturated heterocycles. The molecule has 0 bridgehead atoms. The number of aryl methyl sites for hydroxylation is 1. The van der Waals surface area contributed by atoms with Gasteiger partial charge < -0.3 is 10.1 Å². The van der Waals surface area contributed by atoms with Crippen LogP contribution in [-0.4, -0.2) is 29.1 Å². The normalized spacial score (nSPS) is 9.80. The Morgan fingerprint density at radius 2 is 2.27 bits per heavy atom. The predicted molar refractivity (Wildman–Crippen MR) is 56.9 cm³/mol. The summed E-state index contributed by atoms with van der Waals surface area (Å²) in [6.07, 6.45) is 1.48. The Morgan fingerprint density at radius 1 is 1.53 bits per heavy atom. The van der Waals surface area contributed by atoms with E-state index < -0.39 is 5.97 Å². The lowest BCUT2D eigenvalue weighted by Crippen LogP contribution is -2.12. The smallest absolute Gasteiger partial charge is 0.343 e. The van der Waals surface area contributed by atoms with Crippen molar-refractivity contribution >= 4 is 11.8 Å². The van der Waals surface area contributed by atoms with Gasteiger partial charge in [-0.1, -0.05) is 0 Å². The molecule has 0 amide bonds. The highest BCUT2D eigenvalue weighted by Crippen LogP contribution is 2.12. The van der Waals surface area contributed by atoms with Crippen LogP contribution in [0.4, 0.5) is 5.82 Å². The van der Waals surface area contributed by atoms with Crippen molar-refractivity contribution in [1.82, 2.24) is 9.97 Å². The molecule has 0 aliphatic rings. The Balaban J connectivity index is 2.99. The molecule has 1 rings (SSSR count). The molecular formula is C10H15N3O2. The van der Waals surface area contributed by atoms with Gasteiger partial charge in [0.2, 0.25) is 0 Å². The van der Waals surface area contributed by atoms with E-state index in [-0.39, 0.29) is 0 Å². The van der Waals surface area contributed by atoms with E-state index in [0.717, 1.165) is 0 Å². The van der Waals surface area contributed by atoms with Crippen LogP contribution in [0.3, 0.4) is 0 Å². The summed E-state index contributed by atoms with van der Waals surface area (Å²) in [6.45, 7) is 6.52. The van der Waals surface area contributed by atoms with E-state index in [1.807, 2.05) is 6.92 Å². The number of ether oxygens (including phenoxy) is 1. The summed E-state index contributed by atoms with van der Waals surface area (Å²) >= 11 is 0. The van der Waals surface area contributed by atoms with Crippen molar-refractivity contribution in [1.29, 1.82) is 0 Å². The average Bonchev–Trinajstić information content (AvgIpc) is 2.18. The molecule has 1 aromatic rings. The fourth-order valence-corrected chi connectivity index (χ4v) is 1.13. The molecule has 0 aromatic carbocycles. The van der Waals surface area contributed by atoms with Gasteiger partial charge in [0.15, 0.2) is 0 Å². The van der Waals surface area contributed by atoms with Gasteiger partial charge in [-0.3, -0.25) is 0 Å². The third kappa shape index (κ3) is 2.90. The lowest BCUT2D eigenvalue weighted by atomic mass is 10.3. The van der Waals surface area contributed by atoms with Crippen LogP contribution in [0, 0.1) is 6.92 Å². The molecule has 0 unspecified atom stereocenters. The Morgan fingerprint density at radius 3 is 2.87 bits per heavy atom. The molecule has 1 aromatic heterocycles. The lowest BCUT2D eigenvalue weighted by molar-refractivity contribution is 0.0526. The van der Waals surface area contributed by atoms with Gasteiger partial charge in [-0.15, -0.1) is 0 Å². The van der Waals surface area contributed by atoms with E-state index >= 15 is 0 Å². The zero-order chi connectivity index (χ0) is 11.3. The number of carbonyl (C=O) groups excluding carboxylic acids is 1. The minimum atomic E-state index is -0.395.